The number of rotatable bonds is 4. The summed E-state index contributed by atoms with van der Waals surface area (Å²) in [5, 5.41) is 2.48. The molecule has 0 bridgehead atoms. The van der Waals surface area contributed by atoms with Crippen LogP contribution in [0.3, 0.4) is 0 Å². The largest absolute Gasteiger partial charge is 0.351 e. The molecule has 5 nitrogen and oxygen atoms in total. The number of carbonyl (C=O) groups excluding carboxylic acids is 1. The highest BCUT2D eigenvalue weighted by molar-refractivity contribution is 5.87. The Morgan fingerprint density at radius 1 is 1.43 bits per heavy atom. The average Bonchev–Trinajstić information content (AvgIpc) is 2.16. The van der Waals surface area contributed by atoms with Crippen molar-refractivity contribution in [1.82, 2.24) is 5.48 Å². The Morgan fingerprint density at radius 3 is 2.57 bits per heavy atom. The van der Waals surface area contributed by atoms with E-state index in [9.17, 15) is 4.79 Å². The Kier molecular flexibility index (Phi) is 3.90. The standard InChI is InChI=1S/C9H13N3O2/c1-14-11-6-7-2-4-8(5-3-7)12-9(10)13/h2-5,11H,6H2,1H3,(H3,10,12,13). The topological polar surface area (TPSA) is 76.4 Å². The van der Waals surface area contributed by atoms with Crippen molar-refractivity contribution in [2.75, 3.05) is 12.4 Å². The molecule has 1 rings (SSSR count). The molecule has 0 aliphatic heterocycles. The highest BCUT2D eigenvalue weighted by Crippen LogP contribution is 2.08. The molecule has 0 radical (unpaired) electrons. The number of carbonyl (C=O) groups is 1. The zero-order chi connectivity index (χ0) is 10.4. The number of hydroxylamine groups is 1. The molecule has 5 heteroatoms. The second-order valence-corrected chi connectivity index (χ2v) is 2.71. The van der Waals surface area contributed by atoms with Crippen LogP contribution in [0.5, 0.6) is 0 Å². The van der Waals surface area contributed by atoms with Gasteiger partial charge in [-0.05, 0) is 17.7 Å². The molecule has 2 amide bonds. The minimum absolute atomic E-state index is 0.562. The van der Waals surface area contributed by atoms with E-state index in [-0.39, 0.29) is 0 Å². The lowest BCUT2D eigenvalue weighted by Crippen LogP contribution is -2.19. The maximum absolute atomic E-state index is 10.5. The summed E-state index contributed by atoms with van der Waals surface area (Å²) < 4.78 is 0. The van der Waals surface area contributed by atoms with Crippen LogP contribution in [0, 0.1) is 0 Å². The van der Waals surface area contributed by atoms with E-state index in [0.29, 0.717) is 12.2 Å². The Hall–Kier alpha value is -1.59. The fraction of sp³-hybridized carbons (Fsp3) is 0.222. The quantitative estimate of drug-likeness (QED) is 0.623. The van der Waals surface area contributed by atoms with Gasteiger partial charge in [0, 0.05) is 12.2 Å². The zero-order valence-electron chi connectivity index (χ0n) is 7.91. The summed E-state index contributed by atoms with van der Waals surface area (Å²) in [5.74, 6) is 0. The van der Waals surface area contributed by atoms with Gasteiger partial charge in [-0.2, -0.15) is 5.48 Å². The Labute approximate surface area is 82.2 Å². The lowest BCUT2D eigenvalue weighted by atomic mass is 10.2. The Morgan fingerprint density at radius 2 is 2.07 bits per heavy atom. The SMILES string of the molecule is CONCc1ccc(NC(N)=O)cc1. The van der Waals surface area contributed by atoms with Crippen LogP contribution in [-0.4, -0.2) is 13.1 Å². The van der Waals surface area contributed by atoms with Crippen LogP contribution >= 0.6 is 0 Å². The number of amides is 2. The van der Waals surface area contributed by atoms with Gasteiger partial charge in [0.05, 0.1) is 7.11 Å². The molecule has 0 unspecified atom stereocenters. The van der Waals surface area contributed by atoms with Crippen LogP contribution in [0.1, 0.15) is 5.56 Å². The van der Waals surface area contributed by atoms with Gasteiger partial charge in [-0.25, -0.2) is 4.79 Å². The number of benzene rings is 1. The highest BCUT2D eigenvalue weighted by Gasteiger charge is 1.96. The number of anilines is 1. The van der Waals surface area contributed by atoms with E-state index in [1.54, 1.807) is 19.2 Å². The first-order valence-corrected chi connectivity index (χ1v) is 4.13. The molecule has 0 saturated carbocycles. The zero-order valence-corrected chi connectivity index (χ0v) is 7.91. The normalized spacial score (nSPS) is 9.79. The van der Waals surface area contributed by atoms with E-state index in [1.165, 1.54) is 0 Å². The first-order chi connectivity index (χ1) is 6.72. The van der Waals surface area contributed by atoms with Gasteiger partial charge in [-0.3, -0.25) is 0 Å². The molecule has 0 fully saturated rings. The molecular formula is C9H13N3O2. The molecule has 0 aliphatic carbocycles. The third kappa shape index (κ3) is 3.42. The summed E-state index contributed by atoms with van der Waals surface area (Å²) in [7, 11) is 1.56. The number of hydrogen-bond donors (Lipinski definition) is 3. The van der Waals surface area contributed by atoms with E-state index < -0.39 is 6.03 Å². The molecular weight excluding hydrogens is 182 g/mol. The van der Waals surface area contributed by atoms with Gasteiger partial charge in [0.1, 0.15) is 0 Å². The molecule has 0 aromatic heterocycles. The third-order valence-electron chi connectivity index (χ3n) is 1.64. The smallest absolute Gasteiger partial charge is 0.316 e. The second-order valence-electron chi connectivity index (χ2n) is 2.71. The fourth-order valence-corrected chi connectivity index (χ4v) is 1.00. The summed E-state index contributed by atoms with van der Waals surface area (Å²) in [6.45, 7) is 0.618. The van der Waals surface area contributed by atoms with Gasteiger partial charge in [0.2, 0.25) is 0 Å². The Bertz CT molecular complexity index is 297. The van der Waals surface area contributed by atoms with Crippen molar-refractivity contribution in [3.63, 3.8) is 0 Å². The van der Waals surface area contributed by atoms with Crippen LogP contribution in [0.15, 0.2) is 24.3 Å². The van der Waals surface area contributed by atoms with E-state index in [4.69, 9.17) is 10.6 Å². The van der Waals surface area contributed by atoms with E-state index in [2.05, 4.69) is 10.8 Å². The van der Waals surface area contributed by atoms with Gasteiger partial charge >= 0.3 is 6.03 Å². The van der Waals surface area contributed by atoms with Crippen LogP contribution in [-0.2, 0) is 11.4 Å². The third-order valence-corrected chi connectivity index (χ3v) is 1.64. The average molecular weight is 195 g/mol. The van der Waals surface area contributed by atoms with Gasteiger partial charge in [-0.15, -0.1) is 0 Å². The van der Waals surface area contributed by atoms with E-state index in [0.717, 1.165) is 5.56 Å². The summed E-state index contributed by atoms with van der Waals surface area (Å²) in [5.41, 5.74) is 9.41. The van der Waals surface area contributed by atoms with Crippen LogP contribution in [0.2, 0.25) is 0 Å². The van der Waals surface area contributed by atoms with Crippen molar-refractivity contribution in [3.8, 4) is 0 Å². The first kappa shape index (κ1) is 10.5. The van der Waals surface area contributed by atoms with Crippen molar-refractivity contribution in [2.24, 2.45) is 5.73 Å². The molecule has 0 aliphatic rings. The molecule has 0 spiro atoms. The predicted molar refractivity (Wildman–Crippen MR) is 53.5 cm³/mol. The number of hydrogen-bond acceptors (Lipinski definition) is 3. The van der Waals surface area contributed by atoms with Crippen molar-refractivity contribution >= 4 is 11.7 Å². The minimum Gasteiger partial charge on any atom is -0.351 e. The minimum atomic E-state index is -0.562. The van der Waals surface area contributed by atoms with Crippen molar-refractivity contribution < 1.29 is 9.63 Å². The molecule has 1 aromatic rings. The number of primary amides is 1. The highest BCUT2D eigenvalue weighted by atomic mass is 16.6. The molecule has 4 N–H and O–H groups in total. The first-order valence-electron chi connectivity index (χ1n) is 4.13. The molecule has 0 atom stereocenters. The van der Waals surface area contributed by atoms with Crippen LogP contribution in [0.4, 0.5) is 10.5 Å². The molecule has 0 heterocycles. The lowest BCUT2D eigenvalue weighted by molar-refractivity contribution is 0.0867. The van der Waals surface area contributed by atoms with E-state index >= 15 is 0 Å². The maximum atomic E-state index is 10.5. The summed E-state index contributed by atoms with van der Waals surface area (Å²) >= 11 is 0. The van der Waals surface area contributed by atoms with Crippen LogP contribution in [0.25, 0.3) is 0 Å². The molecule has 76 valence electrons. The molecule has 0 saturated heterocycles. The maximum Gasteiger partial charge on any atom is 0.316 e. The summed E-state index contributed by atoms with van der Waals surface area (Å²) in [6, 6.07) is 6.73. The van der Waals surface area contributed by atoms with Gasteiger partial charge < -0.3 is 15.9 Å². The Balaban J connectivity index is 2.54. The molecule has 1 aromatic carbocycles. The summed E-state index contributed by atoms with van der Waals surface area (Å²) in [4.78, 5) is 15.2. The fourth-order valence-electron chi connectivity index (χ4n) is 1.00. The van der Waals surface area contributed by atoms with Gasteiger partial charge in [0.15, 0.2) is 0 Å². The van der Waals surface area contributed by atoms with Gasteiger partial charge in [-0.1, -0.05) is 12.1 Å². The second kappa shape index (κ2) is 5.21. The number of nitrogens with one attached hydrogen (secondary N) is 2. The van der Waals surface area contributed by atoms with E-state index in [1.807, 2.05) is 12.1 Å². The summed E-state index contributed by atoms with van der Waals surface area (Å²) in [6.07, 6.45) is 0. The van der Waals surface area contributed by atoms with Crippen molar-refractivity contribution in [1.29, 1.82) is 0 Å². The molecule has 14 heavy (non-hydrogen) atoms. The number of urea groups is 1. The van der Waals surface area contributed by atoms with Crippen molar-refractivity contribution in [3.05, 3.63) is 29.8 Å². The van der Waals surface area contributed by atoms with Crippen molar-refractivity contribution in [2.45, 2.75) is 6.54 Å². The van der Waals surface area contributed by atoms with Crippen LogP contribution < -0.4 is 16.5 Å². The lowest BCUT2D eigenvalue weighted by Gasteiger charge is -2.04. The predicted octanol–water partition coefficient (Wildman–Crippen LogP) is 0.828. The monoisotopic (exact) mass is 195 g/mol. The van der Waals surface area contributed by atoms with Gasteiger partial charge in [0.25, 0.3) is 0 Å². The number of nitrogens with two attached hydrogens (primary N) is 1.